The lowest BCUT2D eigenvalue weighted by molar-refractivity contribution is -0.123. The van der Waals surface area contributed by atoms with Crippen LogP contribution in [0.4, 0.5) is 11.4 Å². The number of imide groups is 1. The van der Waals surface area contributed by atoms with Crippen molar-refractivity contribution in [3.05, 3.63) is 71.8 Å². The number of carbonyl (C=O) groups excluding carboxylic acids is 5. The van der Waals surface area contributed by atoms with Gasteiger partial charge in [0, 0.05) is 5.69 Å². The van der Waals surface area contributed by atoms with Gasteiger partial charge in [-0.2, -0.15) is 0 Å². The van der Waals surface area contributed by atoms with Crippen LogP contribution in [0.25, 0.3) is 0 Å². The van der Waals surface area contributed by atoms with Crippen LogP contribution in [0.15, 0.2) is 60.7 Å². The van der Waals surface area contributed by atoms with Crippen molar-refractivity contribution in [1.29, 1.82) is 0 Å². The first-order chi connectivity index (χ1) is 17.8. The van der Waals surface area contributed by atoms with Crippen LogP contribution >= 0.6 is 0 Å². The van der Waals surface area contributed by atoms with E-state index in [0.717, 1.165) is 6.42 Å². The summed E-state index contributed by atoms with van der Waals surface area (Å²) in [6.45, 7) is 3.64. The molecule has 1 aliphatic heterocycles. The van der Waals surface area contributed by atoms with Gasteiger partial charge in [0.2, 0.25) is 11.8 Å². The zero-order valence-corrected chi connectivity index (χ0v) is 20.6. The first-order valence-electron chi connectivity index (χ1n) is 12.2. The van der Waals surface area contributed by atoms with E-state index in [1.807, 2.05) is 26.0 Å². The predicted molar refractivity (Wildman–Crippen MR) is 135 cm³/mol. The van der Waals surface area contributed by atoms with E-state index in [1.165, 1.54) is 41.3 Å². The fourth-order valence-corrected chi connectivity index (χ4v) is 4.53. The van der Waals surface area contributed by atoms with Gasteiger partial charge >= 0.3 is 11.9 Å². The average Bonchev–Trinajstić information content (AvgIpc) is 3.16. The molecule has 0 spiro atoms. The van der Waals surface area contributed by atoms with E-state index < -0.39 is 24.5 Å². The summed E-state index contributed by atoms with van der Waals surface area (Å²) in [6, 6.07) is 12.1. The molecular weight excluding hydrogens is 476 g/mol. The van der Waals surface area contributed by atoms with Gasteiger partial charge in [-0.15, -0.1) is 0 Å². The van der Waals surface area contributed by atoms with Crippen LogP contribution < -0.4 is 10.2 Å². The number of nitrogens with one attached hydrogen (secondary N) is 1. The van der Waals surface area contributed by atoms with Crippen molar-refractivity contribution < 1.29 is 33.4 Å². The number of esters is 2. The molecule has 9 nitrogen and oxygen atoms in total. The minimum atomic E-state index is -0.721. The van der Waals surface area contributed by atoms with E-state index in [-0.39, 0.29) is 35.1 Å². The Morgan fingerprint density at radius 3 is 2.16 bits per heavy atom. The summed E-state index contributed by atoms with van der Waals surface area (Å²) >= 11 is 0. The highest BCUT2D eigenvalue weighted by Crippen LogP contribution is 2.40. The van der Waals surface area contributed by atoms with E-state index in [4.69, 9.17) is 9.47 Å². The topological polar surface area (TPSA) is 119 Å². The molecule has 3 atom stereocenters. The van der Waals surface area contributed by atoms with Crippen LogP contribution in [0.2, 0.25) is 0 Å². The Balaban J connectivity index is 1.30. The Hall–Kier alpha value is -4.27. The molecule has 4 rings (SSSR count). The third kappa shape index (κ3) is 5.61. The van der Waals surface area contributed by atoms with Crippen LogP contribution in [0, 0.1) is 17.8 Å². The van der Waals surface area contributed by atoms with Crippen molar-refractivity contribution in [1.82, 2.24) is 0 Å². The molecule has 3 amide bonds. The van der Waals surface area contributed by atoms with Crippen molar-refractivity contribution in [3.8, 4) is 0 Å². The van der Waals surface area contributed by atoms with Crippen molar-refractivity contribution >= 4 is 41.0 Å². The van der Waals surface area contributed by atoms with Gasteiger partial charge in [-0.25, -0.2) is 9.59 Å². The van der Waals surface area contributed by atoms with Gasteiger partial charge in [-0.1, -0.05) is 26.0 Å². The molecule has 2 aromatic rings. The Kier molecular flexibility index (Phi) is 7.81. The lowest BCUT2D eigenvalue weighted by Crippen LogP contribution is -2.31. The van der Waals surface area contributed by atoms with E-state index in [1.54, 1.807) is 12.1 Å². The molecule has 1 aliphatic carbocycles. The van der Waals surface area contributed by atoms with Crippen molar-refractivity contribution in [2.75, 3.05) is 23.4 Å². The lowest BCUT2D eigenvalue weighted by Gasteiger charge is -2.22. The second-order valence-electron chi connectivity index (χ2n) is 9.05. The molecule has 0 saturated carbocycles. The molecule has 37 heavy (non-hydrogen) atoms. The summed E-state index contributed by atoms with van der Waals surface area (Å²) in [6.07, 6.45) is 5.16. The number of nitrogens with zero attached hydrogens (tertiary/aromatic N) is 1. The van der Waals surface area contributed by atoms with Crippen LogP contribution in [-0.4, -0.2) is 42.9 Å². The fourth-order valence-electron chi connectivity index (χ4n) is 4.53. The Labute approximate surface area is 214 Å². The second-order valence-corrected chi connectivity index (χ2v) is 9.05. The molecule has 9 heteroatoms. The number of rotatable bonds is 8. The monoisotopic (exact) mass is 504 g/mol. The summed E-state index contributed by atoms with van der Waals surface area (Å²) in [5.74, 6) is -2.92. The number of ether oxygens (including phenoxy) is 2. The Bertz CT molecular complexity index is 1230. The van der Waals surface area contributed by atoms with Crippen LogP contribution in [0.3, 0.4) is 0 Å². The molecule has 0 unspecified atom stereocenters. The van der Waals surface area contributed by atoms with Gasteiger partial charge in [0.25, 0.3) is 5.91 Å². The molecule has 1 saturated heterocycles. The SMILES string of the molecule is CCCOC(=O)c1ccc(NC(=O)COC(=O)c2ccc(N3C(=O)[C@@H]4[C@@H](C)C=CC[C@H]4C3=O)cc2)cc1. The number of hydrogen-bond acceptors (Lipinski definition) is 7. The molecule has 0 bridgehead atoms. The predicted octanol–water partition coefficient (Wildman–Crippen LogP) is 3.75. The zero-order chi connectivity index (χ0) is 26.5. The number of allylic oxidation sites excluding steroid dienone is 2. The first-order valence-corrected chi connectivity index (χ1v) is 12.2. The van der Waals surface area contributed by atoms with Crippen molar-refractivity contribution in [2.24, 2.45) is 17.8 Å². The smallest absolute Gasteiger partial charge is 0.338 e. The highest BCUT2D eigenvalue weighted by atomic mass is 16.5. The molecule has 2 aliphatic rings. The standard InChI is InChI=1S/C28H28N2O7/c1-3-15-36-27(34)18-7-11-20(12-8-18)29-23(31)16-37-28(35)19-9-13-21(14-10-19)30-25(32)22-6-4-5-17(2)24(22)26(30)33/h4-5,7-14,17,22,24H,3,6,15-16H2,1-2H3,(H,29,31)/t17-,22+,24+/m0/s1. The highest BCUT2D eigenvalue weighted by molar-refractivity contribution is 6.22. The van der Waals surface area contributed by atoms with E-state index >= 15 is 0 Å². The third-order valence-electron chi connectivity index (χ3n) is 6.41. The normalized spacial score (nSPS) is 20.4. The number of amides is 3. The summed E-state index contributed by atoms with van der Waals surface area (Å²) in [5, 5.41) is 2.59. The van der Waals surface area contributed by atoms with E-state index in [9.17, 15) is 24.0 Å². The van der Waals surface area contributed by atoms with Crippen LogP contribution in [-0.2, 0) is 23.9 Å². The summed E-state index contributed by atoms with van der Waals surface area (Å²) < 4.78 is 10.1. The van der Waals surface area contributed by atoms with Gasteiger partial charge in [-0.3, -0.25) is 19.3 Å². The summed E-state index contributed by atoms with van der Waals surface area (Å²) in [4.78, 5) is 63.4. The number of hydrogen-bond donors (Lipinski definition) is 1. The fraction of sp³-hybridized carbons (Fsp3) is 0.321. The molecule has 192 valence electrons. The minimum Gasteiger partial charge on any atom is -0.462 e. The van der Waals surface area contributed by atoms with Gasteiger partial charge in [-0.05, 0) is 67.3 Å². The molecule has 1 heterocycles. The summed E-state index contributed by atoms with van der Waals surface area (Å²) in [5.41, 5.74) is 1.37. The third-order valence-corrected chi connectivity index (χ3v) is 6.41. The van der Waals surface area contributed by atoms with Gasteiger partial charge in [0.1, 0.15) is 0 Å². The van der Waals surface area contributed by atoms with Crippen molar-refractivity contribution in [2.45, 2.75) is 26.7 Å². The lowest BCUT2D eigenvalue weighted by atomic mass is 9.78. The first kappa shape index (κ1) is 25.8. The molecule has 0 aromatic heterocycles. The number of benzene rings is 2. The number of anilines is 2. The van der Waals surface area contributed by atoms with Crippen LogP contribution in [0.1, 0.15) is 47.4 Å². The molecule has 0 radical (unpaired) electrons. The number of fused-ring (bicyclic) bond motifs is 1. The largest absolute Gasteiger partial charge is 0.462 e. The molecule has 1 N–H and O–H groups in total. The molecule has 1 fully saturated rings. The maximum Gasteiger partial charge on any atom is 0.338 e. The van der Waals surface area contributed by atoms with Crippen LogP contribution in [0.5, 0.6) is 0 Å². The van der Waals surface area contributed by atoms with Gasteiger partial charge < -0.3 is 14.8 Å². The number of carbonyl (C=O) groups is 5. The highest BCUT2D eigenvalue weighted by Gasteiger charge is 2.50. The van der Waals surface area contributed by atoms with Gasteiger partial charge in [0.05, 0.1) is 35.3 Å². The molecule has 2 aromatic carbocycles. The Morgan fingerprint density at radius 2 is 1.54 bits per heavy atom. The zero-order valence-electron chi connectivity index (χ0n) is 20.6. The quantitative estimate of drug-likeness (QED) is 0.330. The maximum absolute atomic E-state index is 12.9. The maximum atomic E-state index is 12.9. The summed E-state index contributed by atoms with van der Waals surface area (Å²) in [7, 11) is 0. The average molecular weight is 505 g/mol. The molecular formula is C28H28N2O7. The van der Waals surface area contributed by atoms with E-state index in [0.29, 0.717) is 30.0 Å². The van der Waals surface area contributed by atoms with Gasteiger partial charge in [0.15, 0.2) is 6.61 Å². The minimum absolute atomic E-state index is 0.0131. The van der Waals surface area contributed by atoms with Crippen molar-refractivity contribution in [3.63, 3.8) is 0 Å². The second kappa shape index (κ2) is 11.2. The Morgan fingerprint density at radius 1 is 0.919 bits per heavy atom. The van der Waals surface area contributed by atoms with E-state index in [2.05, 4.69) is 5.32 Å².